The maximum absolute atomic E-state index is 4.29. The minimum absolute atomic E-state index is 0. The van der Waals surface area contributed by atoms with E-state index in [0.29, 0.717) is 0 Å². The highest BCUT2D eigenvalue weighted by Crippen LogP contribution is 2.15. The van der Waals surface area contributed by atoms with Crippen molar-refractivity contribution < 1.29 is 0 Å². The first kappa shape index (κ1) is 23.0. The number of unbranched alkanes of at least 4 members (excludes halogenated alkanes) is 1. The zero-order valence-corrected chi connectivity index (χ0v) is 19.8. The summed E-state index contributed by atoms with van der Waals surface area (Å²) < 4.78 is 0. The van der Waals surface area contributed by atoms with Gasteiger partial charge in [-0.1, -0.05) is 18.2 Å². The molecule has 2 heterocycles. The molecule has 154 valence electrons. The molecule has 0 aliphatic carbocycles. The predicted molar refractivity (Wildman–Crippen MR) is 132 cm³/mol. The van der Waals surface area contributed by atoms with Gasteiger partial charge in [-0.15, -0.1) is 24.0 Å². The standard InChI is InChI=1S/C21H31N5S.HI/c1-22-21(24-17-19-9-16-27-18-19)23-10-5-6-11-25-12-14-26(15-13-25)20-7-3-2-4-8-20;/h2-4,7-9,16,18H,5-6,10-15,17H2,1H3,(H2,22,23,24);1H. The van der Waals surface area contributed by atoms with Crippen molar-refractivity contribution in [3.8, 4) is 0 Å². The number of guanidine groups is 1. The zero-order chi connectivity index (χ0) is 18.7. The third-order valence-corrected chi connectivity index (χ3v) is 5.68. The van der Waals surface area contributed by atoms with E-state index in [2.05, 4.69) is 72.6 Å². The van der Waals surface area contributed by atoms with Crippen LogP contribution < -0.4 is 15.5 Å². The van der Waals surface area contributed by atoms with Crippen LogP contribution >= 0.6 is 35.3 Å². The molecule has 0 unspecified atom stereocenters. The van der Waals surface area contributed by atoms with Crippen LogP contribution in [0, 0.1) is 0 Å². The maximum Gasteiger partial charge on any atom is 0.191 e. The summed E-state index contributed by atoms with van der Waals surface area (Å²) in [6.45, 7) is 7.55. The van der Waals surface area contributed by atoms with Crippen molar-refractivity contribution in [2.24, 2.45) is 4.99 Å². The Labute approximate surface area is 190 Å². The Bertz CT molecular complexity index is 669. The Morgan fingerprint density at radius 2 is 1.82 bits per heavy atom. The van der Waals surface area contributed by atoms with Gasteiger partial charge >= 0.3 is 0 Å². The van der Waals surface area contributed by atoms with E-state index in [-0.39, 0.29) is 24.0 Å². The number of para-hydroxylation sites is 1. The number of rotatable bonds is 8. The van der Waals surface area contributed by atoms with Gasteiger partial charge in [0.05, 0.1) is 0 Å². The van der Waals surface area contributed by atoms with Crippen molar-refractivity contribution in [3.05, 3.63) is 52.7 Å². The summed E-state index contributed by atoms with van der Waals surface area (Å²) in [4.78, 5) is 9.37. The van der Waals surface area contributed by atoms with Crippen LogP contribution in [-0.2, 0) is 6.54 Å². The van der Waals surface area contributed by atoms with Gasteiger partial charge in [0, 0.05) is 52.0 Å². The molecule has 1 aliphatic rings. The average molecular weight is 513 g/mol. The van der Waals surface area contributed by atoms with Gasteiger partial charge in [-0.3, -0.25) is 9.89 Å². The van der Waals surface area contributed by atoms with Crippen molar-refractivity contribution in [1.29, 1.82) is 0 Å². The fourth-order valence-corrected chi connectivity index (χ4v) is 4.00. The van der Waals surface area contributed by atoms with Gasteiger partial charge in [-0.25, -0.2) is 0 Å². The van der Waals surface area contributed by atoms with Crippen molar-refractivity contribution in [1.82, 2.24) is 15.5 Å². The SMILES string of the molecule is CN=C(NCCCCN1CCN(c2ccccc2)CC1)NCc1ccsc1.I. The lowest BCUT2D eigenvalue weighted by Gasteiger charge is -2.36. The van der Waals surface area contributed by atoms with Gasteiger partial charge in [0.1, 0.15) is 0 Å². The Morgan fingerprint density at radius 1 is 1.04 bits per heavy atom. The van der Waals surface area contributed by atoms with Gasteiger partial charge in [-0.2, -0.15) is 11.3 Å². The minimum Gasteiger partial charge on any atom is -0.369 e. The lowest BCUT2D eigenvalue weighted by atomic mass is 10.2. The Kier molecular flexibility index (Phi) is 10.7. The molecule has 1 aliphatic heterocycles. The van der Waals surface area contributed by atoms with Crippen LogP contribution in [0.3, 0.4) is 0 Å². The van der Waals surface area contributed by atoms with Gasteiger partial charge in [0.2, 0.25) is 0 Å². The van der Waals surface area contributed by atoms with E-state index in [1.807, 2.05) is 7.05 Å². The third-order valence-electron chi connectivity index (χ3n) is 4.95. The molecule has 1 aromatic heterocycles. The molecular formula is C21H32IN5S. The number of hydrogen-bond acceptors (Lipinski definition) is 4. The number of thiophene rings is 1. The Hall–Kier alpha value is -1.32. The van der Waals surface area contributed by atoms with E-state index in [1.54, 1.807) is 11.3 Å². The van der Waals surface area contributed by atoms with Crippen molar-refractivity contribution >= 4 is 47.0 Å². The molecule has 3 rings (SSSR count). The quantitative estimate of drug-likeness (QED) is 0.245. The Morgan fingerprint density at radius 3 is 2.50 bits per heavy atom. The van der Waals surface area contributed by atoms with Crippen molar-refractivity contribution in [2.45, 2.75) is 19.4 Å². The summed E-state index contributed by atoms with van der Waals surface area (Å²) in [6, 6.07) is 12.9. The van der Waals surface area contributed by atoms with Gasteiger partial charge in [0.15, 0.2) is 5.96 Å². The minimum atomic E-state index is 0. The zero-order valence-electron chi connectivity index (χ0n) is 16.6. The summed E-state index contributed by atoms with van der Waals surface area (Å²) >= 11 is 1.73. The lowest BCUT2D eigenvalue weighted by Crippen LogP contribution is -2.46. The van der Waals surface area contributed by atoms with E-state index in [9.17, 15) is 0 Å². The summed E-state index contributed by atoms with van der Waals surface area (Å²) in [7, 11) is 1.83. The highest BCUT2D eigenvalue weighted by Gasteiger charge is 2.16. The summed E-state index contributed by atoms with van der Waals surface area (Å²) in [6.07, 6.45) is 2.39. The van der Waals surface area contributed by atoms with Crippen LogP contribution in [0.1, 0.15) is 18.4 Å². The van der Waals surface area contributed by atoms with E-state index in [0.717, 1.165) is 51.6 Å². The maximum atomic E-state index is 4.29. The molecule has 0 amide bonds. The fourth-order valence-electron chi connectivity index (χ4n) is 3.34. The first-order valence-electron chi connectivity index (χ1n) is 9.83. The van der Waals surface area contributed by atoms with E-state index < -0.39 is 0 Å². The number of anilines is 1. The molecule has 0 bridgehead atoms. The number of aliphatic imine (C=N–C) groups is 1. The number of halogens is 1. The molecule has 2 N–H and O–H groups in total. The summed E-state index contributed by atoms with van der Waals surface area (Å²) in [5.74, 6) is 0.887. The molecule has 1 fully saturated rings. The number of benzene rings is 1. The number of nitrogens with one attached hydrogen (secondary N) is 2. The van der Waals surface area contributed by atoms with Crippen LogP contribution in [0.2, 0.25) is 0 Å². The molecule has 5 nitrogen and oxygen atoms in total. The number of nitrogens with zero attached hydrogens (tertiary/aromatic N) is 3. The first-order valence-corrected chi connectivity index (χ1v) is 10.8. The number of piperazine rings is 1. The molecule has 1 aromatic carbocycles. The first-order chi connectivity index (χ1) is 13.3. The van der Waals surface area contributed by atoms with Gasteiger partial charge < -0.3 is 15.5 Å². The second-order valence-electron chi connectivity index (χ2n) is 6.86. The van der Waals surface area contributed by atoms with Crippen molar-refractivity contribution in [2.75, 3.05) is 51.2 Å². The highest BCUT2D eigenvalue weighted by atomic mass is 127. The molecule has 0 atom stereocenters. The second-order valence-corrected chi connectivity index (χ2v) is 7.64. The van der Waals surface area contributed by atoms with Gasteiger partial charge in [0.25, 0.3) is 0 Å². The molecular weight excluding hydrogens is 481 g/mol. The van der Waals surface area contributed by atoms with Crippen molar-refractivity contribution in [3.63, 3.8) is 0 Å². The molecule has 28 heavy (non-hydrogen) atoms. The molecule has 0 radical (unpaired) electrons. The summed E-state index contributed by atoms with van der Waals surface area (Å²) in [5.41, 5.74) is 2.65. The molecule has 2 aromatic rings. The highest BCUT2D eigenvalue weighted by molar-refractivity contribution is 14.0. The van der Waals surface area contributed by atoms with Crippen LogP contribution in [0.15, 0.2) is 52.2 Å². The average Bonchev–Trinajstić information content (AvgIpc) is 3.25. The van der Waals surface area contributed by atoms with Crippen LogP contribution in [0.5, 0.6) is 0 Å². The molecule has 0 spiro atoms. The lowest BCUT2D eigenvalue weighted by molar-refractivity contribution is 0.253. The van der Waals surface area contributed by atoms with Crippen LogP contribution in [0.4, 0.5) is 5.69 Å². The van der Waals surface area contributed by atoms with Gasteiger partial charge in [-0.05, 0) is 53.9 Å². The molecule has 7 heteroatoms. The topological polar surface area (TPSA) is 42.9 Å². The van der Waals surface area contributed by atoms with E-state index in [1.165, 1.54) is 24.2 Å². The van der Waals surface area contributed by atoms with E-state index >= 15 is 0 Å². The smallest absolute Gasteiger partial charge is 0.191 e. The Balaban J connectivity index is 0.00000280. The molecule has 1 saturated heterocycles. The van der Waals surface area contributed by atoms with Crippen LogP contribution in [0.25, 0.3) is 0 Å². The molecule has 0 saturated carbocycles. The predicted octanol–water partition coefficient (Wildman–Crippen LogP) is 3.63. The van der Waals surface area contributed by atoms with E-state index in [4.69, 9.17) is 0 Å². The number of hydrogen-bond donors (Lipinski definition) is 2. The second kappa shape index (κ2) is 13.0. The third kappa shape index (κ3) is 7.60. The normalized spacial score (nSPS) is 15.2. The monoisotopic (exact) mass is 513 g/mol. The largest absolute Gasteiger partial charge is 0.369 e. The summed E-state index contributed by atoms with van der Waals surface area (Å²) in [5, 5.41) is 11.0. The fraction of sp³-hybridized carbons (Fsp3) is 0.476. The van der Waals surface area contributed by atoms with Crippen LogP contribution in [-0.4, -0.2) is 57.2 Å².